The molecule has 10 heteroatoms. The van der Waals surface area contributed by atoms with Crippen LogP contribution in [0.2, 0.25) is 0 Å². The highest BCUT2D eigenvalue weighted by molar-refractivity contribution is 14.1. The summed E-state index contributed by atoms with van der Waals surface area (Å²) >= 11 is 2.26. The molecule has 0 bridgehead atoms. The number of anilines is 1. The van der Waals surface area contributed by atoms with Crippen molar-refractivity contribution in [1.29, 1.82) is 0 Å². The van der Waals surface area contributed by atoms with Gasteiger partial charge >= 0.3 is 0 Å². The third-order valence-electron chi connectivity index (χ3n) is 4.50. The lowest BCUT2D eigenvalue weighted by molar-refractivity contribution is -0.0511. The number of halogens is 1. The Bertz CT molecular complexity index is 952. The van der Waals surface area contributed by atoms with E-state index in [0.29, 0.717) is 23.5 Å². The largest absolute Gasteiger partial charge is 0.394 e. The summed E-state index contributed by atoms with van der Waals surface area (Å²) in [6, 6.07) is 8.11. The number of ether oxygens (including phenoxy) is 1. The summed E-state index contributed by atoms with van der Waals surface area (Å²) < 4.78 is 8.25. The van der Waals surface area contributed by atoms with Crippen molar-refractivity contribution in [3.05, 3.63) is 46.1 Å². The Morgan fingerprint density at radius 1 is 1.19 bits per heavy atom. The Balaban J connectivity index is 1.60. The Morgan fingerprint density at radius 3 is 2.78 bits per heavy atom. The third kappa shape index (κ3) is 3.50. The molecule has 1 aliphatic rings. The maximum atomic E-state index is 10.2. The van der Waals surface area contributed by atoms with Gasteiger partial charge in [0.15, 0.2) is 23.2 Å². The van der Waals surface area contributed by atoms with Crippen LogP contribution in [0, 0.1) is 3.57 Å². The summed E-state index contributed by atoms with van der Waals surface area (Å²) in [4.78, 5) is 12.8. The zero-order valence-electron chi connectivity index (χ0n) is 14.1. The van der Waals surface area contributed by atoms with Gasteiger partial charge in [-0.2, -0.15) is 0 Å². The van der Waals surface area contributed by atoms with E-state index in [1.54, 1.807) is 0 Å². The monoisotopic (exact) mass is 483 g/mol. The summed E-state index contributed by atoms with van der Waals surface area (Å²) in [6.07, 6.45) is -1.24. The van der Waals surface area contributed by atoms with Crippen molar-refractivity contribution in [3.63, 3.8) is 0 Å². The molecule has 3 aromatic rings. The molecule has 0 saturated carbocycles. The summed E-state index contributed by atoms with van der Waals surface area (Å²) in [5.41, 5.74) is 2.10. The minimum Gasteiger partial charge on any atom is -0.394 e. The fraction of sp³-hybridized carbons (Fsp3) is 0.353. The van der Waals surface area contributed by atoms with Crippen LogP contribution in [0.15, 0.2) is 36.9 Å². The lowest BCUT2D eigenvalue weighted by Gasteiger charge is -2.16. The van der Waals surface area contributed by atoms with E-state index in [4.69, 9.17) is 4.74 Å². The summed E-state index contributed by atoms with van der Waals surface area (Å²) in [5.74, 6) is 0.560. The van der Waals surface area contributed by atoms with E-state index in [2.05, 4.69) is 48.9 Å². The van der Waals surface area contributed by atoms with Crippen molar-refractivity contribution in [2.24, 2.45) is 0 Å². The number of benzene rings is 1. The molecule has 0 radical (unpaired) electrons. The van der Waals surface area contributed by atoms with Gasteiger partial charge in [-0.3, -0.25) is 4.57 Å². The van der Waals surface area contributed by atoms with Crippen LogP contribution in [0.25, 0.3) is 11.2 Å². The fourth-order valence-electron chi connectivity index (χ4n) is 3.11. The SMILES string of the molecule is OC[C@H]1O[C@@H](n2cnc3c(NCc4cccc(I)c4)ncnc32)[C@@H](O)[C@@H]1O. The number of hydrogen-bond donors (Lipinski definition) is 4. The van der Waals surface area contributed by atoms with Crippen LogP contribution in [0.4, 0.5) is 5.82 Å². The minimum absolute atomic E-state index is 0.390. The number of aromatic nitrogens is 4. The smallest absolute Gasteiger partial charge is 0.167 e. The predicted molar refractivity (Wildman–Crippen MR) is 105 cm³/mol. The van der Waals surface area contributed by atoms with Crippen LogP contribution >= 0.6 is 22.6 Å². The lowest BCUT2D eigenvalue weighted by Crippen LogP contribution is -2.33. The first-order valence-corrected chi connectivity index (χ1v) is 9.44. The molecule has 142 valence electrons. The second-order valence-corrected chi connectivity index (χ2v) is 7.50. The van der Waals surface area contributed by atoms with E-state index in [-0.39, 0.29) is 6.61 Å². The van der Waals surface area contributed by atoms with Gasteiger partial charge in [0.1, 0.15) is 24.6 Å². The van der Waals surface area contributed by atoms with E-state index in [9.17, 15) is 15.3 Å². The number of imidazole rings is 1. The van der Waals surface area contributed by atoms with Crippen molar-refractivity contribution >= 4 is 39.6 Å². The molecule has 4 N–H and O–H groups in total. The van der Waals surface area contributed by atoms with Gasteiger partial charge in [0.05, 0.1) is 12.9 Å². The topological polar surface area (TPSA) is 126 Å². The highest BCUT2D eigenvalue weighted by Gasteiger charge is 2.44. The Morgan fingerprint density at radius 2 is 2.04 bits per heavy atom. The normalized spacial score (nSPS) is 25.2. The van der Waals surface area contributed by atoms with E-state index in [1.807, 2.05) is 18.2 Å². The molecular weight excluding hydrogens is 465 g/mol. The molecule has 1 aromatic carbocycles. The molecule has 1 aliphatic heterocycles. The number of aliphatic hydroxyl groups is 3. The molecule has 0 amide bonds. The second-order valence-electron chi connectivity index (χ2n) is 6.26. The molecule has 4 rings (SSSR count). The van der Waals surface area contributed by atoms with Crippen molar-refractivity contribution in [1.82, 2.24) is 19.5 Å². The maximum absolute atomic E-state index is 10.2. The van der Waals surface area contributed by atoms with Crippen LogP contribution in [0.5, 0.6) is 0 Å². The third-order valence-corrected chi connectivity index (χ3v) is 5.17. The molecule has 2 aromatic heterocycles. The fourth-order valence-corrected chi connectivity index (χ4v) is 3.72. The standard InChI is InChI=1S/C17H18IN5O4/c18-10-3-1-2-9(4-10)5-19-15-12-16(21-7-20-15)23(8-22-12)17-14(26)13(25)11(6-24)27-17/h1-4,7-8,11,13-14,17,24-26H,5-6H2,(H,19,20,21)/t11-,13-,14+,17-/m1/s1. The van der Waals surface area contributed by atoms with Crippen LogP contribution in [-0.2, 0) is 11.3 Å². The minimum atomic E-state index is -1.20. The molecule has 0 spiro atoms. The molecular formula is C17H18IN5O4. The number of rotatable bonds is 5. The first-order chi connectivity index (χ1) is 13.1. The summed E-state index contributed by atoms with van der Waals surface area (Å²) in [6.45, 7) is 0.183. The highest BCUT2D eigenvalue weighted by atomic mass is 127. The molecule has 9 nitrogen and oxygen atoms in total. The summed E-state index contributed by atoms with van der Waals surface area (Å²) in [7, 11) is 0. The van der Waals surface area contributed by atoms with Gasteiger partial charge in [-0.05, 0) is 40.3 Å². The van der Waals surface area contributed by atoms with Crippen LogP contribution in [0.3, 0.4) is 0 Å². The molecule has 1 saturated heterocycles. The zero-order valence-corrected chi connectivity index (χ0v) is 16.3. The van der Waals surface area contributed by atoms with E-state index in [1.165, 1.54) is 17.2 Å². The van der Waals surface area contributed by atoms with Gasteiger partial charge in [-0.15, -0.1) is 0 Å². The van der Waals surface area contributed by atoms with E-state index < -0.39 is 24.5 Å². The van der Waals surface area contributed by atoms with Gasteiger partial charge in [0.25, 0.3) is 0 Å². The number of nitrogens with zero attached hydrogens (tertiary/aromatic N) is 4. The van der Waals surface area contributed by atoms with Gasteiger partial charge in [0.2, 0.25) is 0 Å². The Kier molecular flexibility index (Phi) is 5.23. The van der Waals surface area contributed by atoms with Gasteiger partial charge in [-0.1, -0.05) is 12.1 Å². The molecule has 0 unspecified atom stereocenters. The molecule has 4 atom stereocenters. The van der Waals surface area contributed by atoms with Gasteiger partial charge in [0, 0.05) is 10.1 Å². The van der Waals surface area contributed by atoms with E-state index in [0.717, 1.165) is 9.13 Å². The van der Waals surface area contributed by atoms with Gasteiger partial charge in [-0.25, -0.2) is 15.0 Å². The first-order valence-electron chi connectivity index (χ1n) is 8.37. The van der Waals surface area contributed by atoms with Crippen molar-refractivity contribution in [2.45, 2.75) is 31.1 Å². The summed E-state index contributed by atoms with van der Waals surface area (Å²) in [5, 5.41) is 32.7. The predicted octanol–water partition coefficient (Wildman–Crippen LogP) is 0.654. The van der Waals surface area contributed by atoms with Crippen LogP contribution < -0.4 is 5.32 Å². The van der Waals surface area contributed by atoms with Gasteiger partial charge < -0.3 is 25.4 Å². The molecule has 0 aliphatic carbocycles. The number of nitrogens with one attached hydrogen (secondary N) is 1. The number of fused-ring (bicyclic) bond motifs is 1. The quantitative estimate of drug-likeness (QED) is 0.390. The molecule has 27 heavy (non-hydrogen) atoms. The highest BCUT2D eigenvalue weighted by Crippen LogP contribution is 2.32. The number of aliphatic hydroxyl groups excluding tert-OH is 3. The molecule has 3 heterocycles. The van der Waals surface area contributed by atoms with Crippen molar-refractivity contribution < 1.29 is 20.1 Å². The molecule has 1 fully saturated rings. The average Bonchev–Trinajstić information content (AvgIpc) is 3.22. The van der Waals surface area contributed by atoms with Crippen LogP contribution in [0.1, 0.15) is 11.8 Å². The number of hydrogen-bond acceptors (Lipinski definition) is 8. The van der Waals surface area contributed by atoms with E-state index >= 15 is 0 Å². The first kappa shape index (κ1) is 18.5. The van der Waals surface area contributed by atoms with Crippen LogP contribution in [-0.4, -0.2) is 59.8 Å². The van der Waals surface area contributed by atoms with Crippen molar-refractivity contribution in [2.75, 3.05) is 11.9 Å². The maximum Gasteiger partial charge on any atom is 0.167 e. The zero-order chi connectivity index (χ0) is 19.0. The Labute approximate surface area is 168 Å². The average molecular weight is 483 g/mol. The Hall–Kier alpha value is -1.86. The lowest BCUT2D eigenvalue weighted by atomic mass is 10.1. The van der Waals surface area contributed by atoms with Crippen molar-refractivity contribution in [3.8, 4) is 0 Å². The second kappa shape index (κ2) is 7.64.